The van der Waals surface area contributed by atoms with Gasteiger partial charge in [-0.3, -0.25) is 0 Å². The fourth-order valence-corrected chi connectivity index (χ4v) is 3.62. The van der Waals surface area contributed by atoms with Crippen molar-refractivity contribution in [2.45, 2.75) is 6.92 Å². The van der Waals surface area contributed by atoms with Crippen LogP contribution < -0.4 is 10.2 Å². The van der Waals surface area contributed by atoms with E-state index in [2.05, 4.69) is 15.2 Å². The van der Waals surface area contributed by atoms with Crippen molar-refractivity contribution in [2.24, 2.45) is 0 Å². The molecule has 0 aliphatic carbocycles. The van der Waals surface area contributed by atoms with Crippen molar-refractivity contribution in [2.75, 3.05) is 49.9 Å². The summed E-state index contributed by atoms with van der Waals surface area (Å²) in [5.41, 5.74) is 0. The van der Waals surface area contributed by atoms with E-state index in [4.69, 9.17) is 0 Å². The van der Waals surface area contributed by atoms with E-state index in [1.165, 1.54) is 0 Å². The Kier molecular flexibility index (Phi) is 5.33. The Bertz CT molecular complexity index is 498. The molecule has 0 radical (unpaired) electrons. The Labute approximate surface area is 120 Å². The maximum atomic E-state index is 12.2. The number of hydrogen-bond acceptors (Lipinski definition) is 5. The minimum Gasteiger partial charge on any atom is -0.354 e. The molecular formula is C13H22N4O2S. The van der Waals surface area contributed by atoms with Gasteiger partial charge in [0, 0.05) is 38.9 Å². The predicted molar refractivity (Wildman–Crippen MR) is 80.4 cm³/mol. The van der Waals surface area contributed by atoms with Crippen LogP contribution in [-0.2, 0) is 10.0 Å². The molecule has 1 aromatic rings. The van der Waals surface area contributed by atoms with Crippen molar-refractivity contribution in [3.63, 3.8) is 0 Å². The molecule has 0 saturated carbocycles. The zero-order chi connectivity index (χ0) is 14.4. The van der Waals surface area contributed by atoms with Crippen LogP contribution >= 0.6 is 0 Å². The van der Waals surface area contributed by atoms with Crippen LogP contribution in [0.1, 0.15) is 6.92 Å². The molecule has 0 bridgehead atoms. The van der Waals surface area contributed by atoms with Gasteiger partial charge in [0.2, 0.25) is 10.0 Å². The maximum Gasteiger partial charge on any atom is 0.215 e. The van der Waals surface area contributed by atoms with E-state index in [1.54, 1.807) is 10.5 Å². The largest absolute Gasteiger partial charge is 0.354 e. The van der Waals surface area contributed by atoms with E-state index in [-0.39, 0.29) is 5.75 Å². The molecule has 112 valence electrons. The van der Waals surface area contributed by atoms with Crippen LogP contribution in [0.15, 0.2) is 24.4 Å². The van der Waals surface area contributed by atoms with Crippen molar-refractivity contribution in [3.8, 4) is 0 Å². The molecule has 20 heavy (non-hydrogen) atoms. The van der Waals surface area contributed by atoms with Crippen LogP contribution in [0.3, 0.4) is 0 Å². The summed E-state index contributed by atoms with van der Waals surface area (Å²) in [6.07, 6.45) is 1.76. The van der Waals surface area contributed by atoms with Gasteiger partial charge in [-0.05, 0) is 18.7 Å². The van der Waals surface area contributed by atoms with Crippen LogP contribution in [0.2, 0.25) is 0 Å². The van der Waals surface area contributed by atoms with Gasteiger partial charge in [-0.2, -0.15) is 4.31 Å². The third-order valence-electron chi connectivity index (χ3n) is 3.39. The number of nitrogens with one attached hydrogen (secondary N) is 1. The summed E-state index contributed by atoms with van der Waals surface area (Å²) in [7, 11) is -3.14. The predicted octanol–water partition coefficient (Wildman–Crippen LogP) is 0.143. The Morgan fingerprint density at radius 3 is 2.60 bits per heavy atom. The van der Waals surface area contributed by atoms with Crippen LogP contribution in [0.5, 0.6) is 0 Å². The number of aromatic nitrogens is 1. The van der Waals surface area contributed by atoms with E-state index in [9.17, 15) is 8.42 Å². The summed E-state index contributed by atoms with van der Waals surface area (Å²) >= 11 is 0. The number of sulfonamides is 1. The molecule has 6 nitrogen and oxygen atoms in total. The van der Waals surface area contributed by atoms with Gasteiger partial charge in [-0.1, -0.05) is 13.0 Å². The van der Waals surface area contributed by atoms with Gasteiger partial charge in [0.1, 0.15) is 5.82 Å². The average molecular weight is 298 g/mol. The summed E-state index contributed by atoms with van der Waals surface area (Å²) in [6.45, 7) is 5.73. The molecule has 2 heterocycles. The first-order valence-electron chi connectivity index (χ1n) is 6.98. The lowest BCUT2D eigenvalue weighted by molar-refractivity contribution is 0.383. The van der Waals surface area contributed by atoms with Crippen LogP contribution in [0, 0.1) is 0 Å². The van der Waals surface area contributed by atoms with Crippen molar-refractivity contribution in [1.29, 1.82) is 0 Å². The summed E-state index contributed by atoms with van der Waals surface area (Å²) in [6, 6.07) is 5.78. The minimum atomic E-state index is -3.14. The molecule has 1 fully saturated rings. The molecule has 0 unspecified atom stereocenters. The van der Waals surface area contributed by atoms with E-state index >= 15 is 0 Å². The highest BCUT2D eigenvalue weighted by molar-refractivity contribution is 7.89. The van der Waals surface area contributed by atoms with Crippen molar-refractivity contribution in [3.05, 3.63) is 24.4 Å². The molecule has 1 aliphatic rings. The van der Waals surface area contributed by atoms with Gasteiger partial charge in [-0.15, -0.1) is 0 Å². The molecular weight excluding hydrogens is 276 g/mol. The van der Waals surface area contributed by atoms with Gasteiger partial charge in [0.15, 0.2) is 0 Å². The zero-order valence-corrected chi connectivity index (χ0v) is 12.6. The Morgan fingerprint density at radius 2 is 2.00 bits per heavy atom. The Hall–Kier alpha value is -1.18. The lowest BCUT2D eigenvalue weighted by Crippen LogP contribution is -2.50. The number of pyridine rings is 1. The fraction of sp³-hybridized carbons (Fsp3) is 0.615. The number of piperazine rings is 1. The standard InChI is InChI=1S/C13H22N4O2S/c1-2-14-7-12-20(18,19)17-10-8-16(9-11-17)13-5-3-4-6-15-13/h3-6,14H,2,7-12H2,1H3. The molecule has 1 saturated heterocycles. The van der Waals surface area contributed by atoms with Gasteiger partial charge in [0.25, 0.3) is 0 Å². The average Bonchev–Trinajstić information content (AvgIpc) is 2.48. The fourth-order valence-electron chi connectivity index (χ4n) is 2.24. The normalized spacial score (nSPS) is 17.4. The van der Waals surface area contributed by atoms with E-state index in [0.717, 1.165) is 12.4 Å². The van der Waals surface area contributed by atoms with Gasteiger partial charge in [0.05, 0.1) is 5.75 Å². The topological polar surface area (TPSA) is 65.5 Å². The molecule has 7 heteroatoms. The van der Waals surface area contributed by atoms with Crippen LogP contribution in [0.25, 0.3) is 0 Å². The highest BCUT2D eigenvalue weighted by Gasteiger charge is 2.26. The first-order valence-corrected chi connectivity index (χ1v) is 8.59. The maximum absolute atomic E-state index is 12.2. The second-order valence-electron chi connectivity index (χ2n) is 4.74. The Morgan fingerprint density at radius 1 is 1.25 bits per heavy atom. The zero-order valence-electron chi connectivity index (χ0n) is 11.8. The number of rotatable bonds is 6. The van der Waals surface area contributed by atoms with Gasteiger partial charge in [-0.25, -0.2) is 13.4 Å². The monoisotopic (exact) mass is 298 g/mol. The van der Waals surface area contributed by atoms with Crippen LogP contribution in [-0.4, -0.2) is 62.7 Å². The quantitative estimate of drug-likeness (QED) is 0.757. The second-order valence-corrected chi connectivity index (χ2v) is 6.83. The smallest absolute Gasteiger partial charge is 0.215 e. The molecule has 0 amide bonds. The second kappa shape index (κ2) is 7.01. The van der Waals surface area contributed by atoms with Crippen molar-refractivity contribution in [1.82, 2.24) is 14.6 Å². The van der Waals surface area contributed by atoms with Gasteiger partial charge < -0.3 is 10.2 Å². The Balaban J connectivity index is 1.88. The SMILES string of the molecule is CCNCCS(=O)(=O)N1CCN(c2ccccn2)CC1. The van der Waals surface area contributed by atoms with E-state index in [1.807, 2.05) is 25.1 Å². The molecule has 2 rings (SSSR count). The summed E-state index contributed by atoms with van der Waals surface area (Å²) < 4.78 is 25.9. The molecule has 1 aliphatic heterocycles. The molecule has 1 N–H and O–H groups in total. The minimum absolute atomic E-state index is 0.171. The third-order valence-corrected chi connectivity index (χ3v) is 5.26. The number of hydrogen-bond donors (Lipinski definition) is 1. The van der Waals surface area contributed by atoms with Gasteiger partial charge >= 0.3 is 0 Å². The van der Waals surface area contributed by atoms with E-state index < -0.39 is 10.0 Å². The highest BCUT2D eigenvalue weighted by atomic mass is 32.2. The molecule has 0 atom stereocenters. The summed E-state index contributed by atoms with van der Waals surface area (Å²) in [5, 5.41) is 3.05. The third kappa shape index (κ3) is 3.91. The number of anilines is 1. The summed E-state index contributed by atoms with van der Waals surface area (Å²) in [4.78, 5) is 6.42. The first-order chi connectivity index (χ1) is 9.63. The molecule has 0 spiro atoms. The van der Waals surface area contributed by atoms with Crippen LogP contribution in [0.4, 0.5) is 5.82 Å². The highest BCUT2D eigenvalue weighted by Crippen LogP contribution is 2.14. The van der Waals surface area contributed by atoms with E-state index in [0.29, 0.717) is 32.7 Å². The van der Waals surface area contributed by atoms with Crippen molar-refractivity contribution >= 4 is 15.8 Å². The molecule has 0 aromatic carbocycles. The molecule has 1 aromatic heterocycles. The van der Waals surface area contributed by atoms with Crippen molar-refractivity contribution < 1.29 is 8.42 Å². The summed E-state index contributed by atoms with van der Waals surface area (Å²) in [5.74, 6) is 1.09. The lowest BCUT2D eigenvalue weighted by atomic mass is 10.3. The first kappa shape index (κ1) is 15.2. The number of nitrogens with zero attached hydrogens (tertiary/aromatic N) is 3. The lowest BCUT2D eigenvalue weighted by Gasteiger charge is -2.34.